The highest BCUT2D eigenvalue weighted by Gasteiger charge is 2.31. The van der Waals surface area contributed by atoms with Crippen LogP contribution in [0.5, 0.6) is 0 Å². The van der Waals surface area contributed by atoms with Crippen molar-refractivity contribution >= 4 is 17.7 Å². The van der Waals surface area contributed by atoms with Crippen LogP contribution in [0.3, 0.4) is 0 Å². The summed E-state index contributed by atoms with van der Waals surface area (Å²) in [5, 5.41) is 3.87. The van der Waals surface area contributed by atoms with Crippen molar-refractivity contribution in [2.75, 3.05) is 20.7 Å². The number of halogens is 1. The van der Waals surface area contributed by atoms with E-state index in [0.717, 1.165) is 37.9 Å². The predicted octanol–water partition coefficient (Wildman–Crippen LogP) is 4.02. The number of nitrogens with one attached hydrogen (secondary N) is 1. The van der Waals surface area contributed by atoms with E-state index in [1.807, 2.05) is 20.9 Å². The molecular weight excluding hydrogens is 392 g/mol. The van der Waals surface area contributed by atoms with Gasteiger partial charge in [0.1, 0.15) is 5.82 Å². The Hall–Kier alpha value is -1.44. The van der Waals surface area contributed by atoms with E-state index in [1.165, 1.54) is 0 Å². The van der Waals surface area contributed by atoms with Gasteiger partial charge in [-0.1, -0.05) is 18.5 Å². The average Bonchev–Trinajstić information content (AvgIpc) is 2.71. The summed E-state index contributed by atoms with van der Waals surface area (Å²) >= 11 is 5.88. The van der Waals surface area contributed by atoms with Gasteiger partial charge in [0.2, 0.25) is 0 Å². The Balaban J connectivity index is 1.90. The van der Waals surface area contributed by atoms with E-state index in [0.29, 0.717) is 17.5 Å². The van der Waals surface area contributed by atoms with Crippen LogP contribution in [-0.4, -0.2) is 66.0 Å². The quantitative estimate of drug-likeness (QED) is 0.642. The lowest BCUT2D eigenvalue weighted by Gasteiger charge is -2.36. The van der Waals surface area contributed by atoms with Crippen LogP contribution in [-0.2, 0) is 9.47 Å². The molecule has 0 bridgehead atoms. The van der Waals surface area contributed by atoms with Crippen molar-refractivity contribution in [3.63, 3.8) is 0 Å². The monoisotopic (exact) mass is 426 g/mol. The first-order valence-corrected chi connectivity index (χ1v) is 10.9. The number of hydrogen-bond acceptors (Lipinski definition) is 6. The second-order valence-corrected chi connectivity index (χ2v) is 8.42. The van der Waals surface area contributed by atoms with Gasteiger partial charge in [-0.15, -0.1) is 0 Å². The number of carbonyl (C=O) groups is 1. The summed E-state index contributed by atoms with van der Waals surface area (Å²) in [6.45, 7) is 6.30. The van der Waals surface area contributed by atoms with Crippen molar-refractivity contribution in [2.24, 2.45) is 0 Å². The fourth-order valence-corrected chi connectivity index (χ4v) is 3.94. The summed E-state index contributed by atoms with van der Waals surface area (Å²) in [6.07, 6.45) is 7.83. The number of nitrogens with zero attached hydrogens (tertiary/aromatic N) is 3. The Morgan fingerprint density at radius 2 is 1.90 bits per heavy atom. The second kappa shape index (κ2) is 11.7. The normalized spacial score (nSPS) is 21.6. The molecule has 0 spiro atoms. The van der Waals surface area contributed by atoms with Gasteiger partial charge in [-0.25, -0.2) is 14.8 Å². The van der Waals surface area contributed by atoms with Crippen molar-refractivity contribution in [1.82, 2.24) is 20.2 Å². The van der Waals surface area contributed by atoms with Crippen LogP contribution in [0.1, 0.15) is 64.6 Å². The van der Waals surface area contributed by atoms with E-state index in [4.69, 9.17) is 21.1 Å². The van der Waals surface area contributed by atoms with E-state index >= 15 is 0 Å². The summed E-state index contributed by atoms with van der Waals surface area (Å²) in [5.41, 5.74) is 0. The zero-order valence-electron chi connectivity index (χ0n) is 18.2. The fourth-order valence-electron chi connectivity index (χ4n) is 3.84. The summed E-state index contributed by atoms with van der Waals surface area (Å²) in [5.74, 6) is 1.22. The van der Waals surface area contributed by atoms with E-state index < -0.39 is 0 Å². The first-order valence-electron chi connectivity index (χ1n) is 10.5. The van der Waals surface area contributed by atoms with Crippen LogP contribution >= 0.6 is 11.6 Å². The standard InChI is InChI=1S/C21H35ClN4O3/c1-6-18(23-4)19(26(5)21(27)29-14(2)3)13-28-17-9-7-15(8-10-17)20-24-11-16(22)12-25-20/h11-12,14-15,17-19,23H,6-10,13H2,1-5H3. The molecule has 29 heavy (non-hydrogen) atoms. The fraction of sp³-hybridized carbons (Fsp3) is 0.762. The highest BCUT2D eigenvalue weighted by molar-refractivity contribution is 6.30. The Bertz CT molecular complexity index is 617. The minimum Gasteiger partial charge on any atom is -0.447 e. The van der Waals surface area contributed by atoms with E-state index in [1.54, 1.807) is 24.3 Å². The molecule has 0 aliphatic heterocycles. The molecule has 0 saturated heterocycles. The molecule has 1 aliphatic rings. The van der Waals surface area contributed by atoms with Crippen LogP contribution in [0.25, 0.3) is 0 Å². The molecule has 2 unspecified atom stereocenters. The van der Waals surface area contributed by atoms with Crippen molar-refractivity contribution in [3.05, 3.63) is 23.2 Å². The lowest BCUT2D eigenvalue weighted by atomic mass is 9.86. The predicted molar refractivity (Wildman–Crippen MR) is 114 cm³/mol. The summed E-state index contributed by atoms with van der Waals surface area (Å²) in [7, 11) is 3.70. The molecule has 7 nitrogen and oxygen atoms in total. The minimum atomic E-state index is -0.314. The summed E-state index contributed by atoms with van der Waals surface area (Å²) in [4.78, 5) is 22.8. The molecule has 2 rings (SSSR count). The molecule has 1 saturated carbocycles. The van der Waals surface area contributed by atoms with Crippen LogP contribution < -0.4 is 5.32 Å². The molecule has 1 aromatic rings. The van der Waals surface area contributed by atoms with E-state index in [2.05, 4.69) is 22.2 Å². The van der Waals surface area contributed by atoms with Crippen LogP contribution in [0.15, 0.2) is 12.4 Å². The first-order chi connectivity index (χ1) is 13.8. The second-order valence-electron chi connectivity index (χ2n) is 7.98. The lowest BCUT2D eigenvalue weighted by Crippen LogP contribution is -2.53. The van der Waals surface area contributed by atoms with Gasteiger partial charge in [0, 0.05) is 31.4 Å². The smallest absolute Gasteiger partial charge is 0.410 e. The zero-order valence-corrected chi connectivity index (χ0v) is 19.0. The zero-order chi connectivity index (χ0) is 21.4. The minimum absolute atomic E-state index is 0.0893. The maximum absolute atomic E-state index is 12.4. The number of likely N-dealkylation sites (N-methyl/N-ethyl adjacent to an activating group) is 2. The maximum atomic E-state index is 12.4. The van der Waals surface area contributed by atoms with Crippen LogP contribution in [0.2, 0.25) is 5.02 Å². The molecule has 164 valence electrons. The number of rotatable bonds is 9. The van der Waals surface area contributed by atoms with Crippen molar-refractivity contribution in [2.45, 2.75) is 83.1 Å². The number of amides is 1. The van der Waals surface area contributed by atoms with Gasteiger partial charge in [0.25, 0.3) is 0 Å². The highest BCUT2D eigenvalue weighted by Crippen LogP contribution is 2.32. The van der Waals surface area contributed by atoms with Crippen LogP contribution in [0.4, 0.5) is 4.79 Å². The van der Waals surface area contributed by atoms with Gasteiger partial charge in [0.05, 0.1) is 29.9 Å². The number of ether oxygens (including phenoxy) is 2. The summed E-state index contributed by atoms with van der Waals surface area (Å²) < 4.78 is 11.6. The first kappa shape index (κ1) is 23.8. The maximum Gasteiger partial charge on any atom is 0.410 e. The van der Waals surface area contributed by atoms with Gasteiger partial charge in [0.15, 0.2) is 0 Å². The molecule has 1 amide bonds. The van der Waals surface area contributed by atoms with E-state index in [-0.39, 0.29) is 30.4 Å². The Morgan fingerprint density at radius 1 is 1.28 bits per heavy atom. The number of aromatic nitrogens is 2. The third-order valence-corrected chi connectivity index (χ3v) is 5.77. The third kappa shape index (κ3) is 7.08. The molecule has 0 radical (unpaired) electrons. The molecule has 2 atom stereocenters. The number of carbonyl (C=O) groups excluding carboxylic acids is 1. The van der Waals surface area contributed by atoms with Gasteiger partial charge < -0.3 is 19.7 Å². The number of hydrogen-bond donors (Lipinski definition) is 1. The molecule has 1 aliphatic carbocycles. The van der Waals surface area contributed by atoms with Crippen molar-refractivity contribution in [1.29, 1.82) is 0 Å². The van der Waals surface area contributed by atoms with Crippen LogP contribution in [0, 0.1) is 0 Å². The molecule has 1 N–H and O–H groups in total. The molecular formula is C21H35ClN4O3. The molecule has 1 fully saturated rings. The summed E-state index contributed by atoms with van der Waals surface area (Å²) in [6, 6.07) is 0.0482. The third-order valence-electron chi connectivity index (χ3n) is 5.58. The topological polar surface area (TPSA) is 76.6 Å². The van der Waals surface area contributed by atoms with E-state index in [9.17, 15) is 4.79 Å². The average molecular weight is 427 g/mol. The molecule has 8 heteroatoms. The Morgan fingerprint density at radius 3 is 2.41 bits per heavy atom. The highest BCUT2D eigenvalue weighted by atomic mass is 35.5. The molecule has 1 aromatic heterocycles. The largest absolute Gasteiger partial charge is 0.447 e. The van der Waals surface area contributed by atoms with Gasteiger partial charge >= 0.3 is 6.09 Å². The van der Waals surface area contributed by atoms with Crippen molar-refractivity contribution in [3.8, 4) is 0 Å². The SMILES string of the molecule is CCC(NC)C(COC1CCC(c2ncc(Cl)cn2)CC1)N(C)C(=O)OC(C)C. The Labute approximate surface area is 179 Å². The van der Waals surface area contributed by atoms with Gasteiger partial charge in [-0.3, -0.25) is 0 Å². The molecule has 0 aromatic carbocycles. The molecule has 1 heterocycles. The Kier molecular flexibility index (Phi) is 9.59. The van der Waals surface area contributed by atoms with Crippen molar-refractivity contribution < 1.29 is 14.3 Å². The van der Waals surface area contributed by atoms with Gasteiger partial charge in [-0.05, 0) is 53.0 Å². The van der Waals surface area contributed by atoms with Gasteiger partial charge in [-0.2, -0.15) is 0 Å². The lowest BCUT2D eigenvalue weighted by molar-refractivity contribution is -0.0179.